The topological polar surface area (TPSA) is 55.1 Å². The predicted molar refractivity (Wildman–Crippen MR) is 65.1 cm³/mol. The van der Waals surface area contributed by atoms with Crippen molar-refractivity contribution < 1.29 is 18.0 Å². The summed E-state index contributed by atoms with van der Waals surface area (Å²) in [4.78, 5) is 11.8. The van der Waals surface area contributed by atoms with E-state index in [4.69, 9.17) is 5.73 Å². The van der Waals surface area contributed by atoms with Crippen LogP contribution in [0, 0.1) is 17.5 Å². The first-order chi connectivity index (χ1) is 8.99. The Hall–Kier alpha value is -2.50. The molecule has 0 radical (unpaired) electrons. The minimum Gasteiger partial charge on any atom is -0.395 e. The van der Waals surface area contributed by atoms with Gasteiger partial charge in [-0.2, -0.15) is 0 Å². The molecule has 2 aromatic carbocycles. The van der Waals surface area contributed by atoms with Crippen LogP contribution in [0.25, 0.3) is 0 Å². The third-order valence-corrected chi connectivity index (χ3v) is 2.49. The van der Waals surface area contributed by atoms with E-state index in [1.165, 1.54) is 12.1 Å². The van der Waals surface area contributed by atoms with Crippen LogP contribution in [-0.2, 0) is 0 Å². The van der Waals surface area contributed by atoms with Crippen LogP contribution >= 0.6 is 0 Å². The van der Waals surface area contributed by atoms with Crippen molar-refractivity contribution in [1.29, 1.82) is 0 Å². The van der Waals surface area contributed by atoms with Crippen molar-refractivity contribution in [1.82, 2.24) is 0 Å². The van der Waals surface area contributed by atoms with Gasteiger partial charge in [-0.05, 0) is 36.4 Å². The first-order valence-corrected chi connectivity index (χ1v) is 5.29. The van der Waals surface area contributed by atoms with Crippen LogP contribution in [0.2, 0.25) is 0 Å². The summed E-state index contributed by atoms with van der Waals surface area (Å²) in [6.45, 7) is 0. The fourth-order valence-electron chi connectivity index (χ4n) is 1.47. The Morgan fingerprint density at radius 1 is 1.00 bits per heavy atom. The molecule has 6 heteroatoms. The first kappa shape index (κ1) is 12.9. The number of nitrogens with one attached hydrogen (secondary N) is 1. The van der Waals surface area contributed by atoms with Crippen molar-refractivity contribution in [2.45, 2.75) is 0 Å². The summed E-state index contributed by atoms with van der Waals surface area (Å²) >= 11 is 0. The van der Waals surface area contributed by atoms with Gasteiger partial charge in [0.1, 0.15) is 5.82 Å². The minimum atomic E-state index is -1.23. The summed E-state index contributed by atoms with van der Waals surface area (Å²) in [7, 11) is 0. The Morgan fingerprint density at radius 3 is 2.26 bits per heavy atom. The lowest BCUT2D eigenvalue weighted by atomic mass is 10.2. The Balaban J connectivity index is 2.24. The highest BCUT2D eigenvalue weighted by Gasteiger charge is 2.13. The van der Waals surface area contributed by atoms with Gasteiger partial charge in [0, 0.05) is 5.56 Å². The SMILES string of the molecule is Nc1c(NC(=O)c2ccc(F)cc2)ccc(F)c1F. The number of hydrogen-bond donors (Lipinski definition) is 2. The van der Waals surface area contributed by atoms with Gasteiger partial charge in [0.15, 0.2) is 11.6 Å². The highest BCUT2D eigenvalue weighted by atomic mass is 19.2. The largest absolute Gasteiger partial charge is 0.395 e. The molecular weight excluding hydrogens is 257 g/mol. The molecule has 0 bridgehead atoms. The quantitative estimate of drug-likeness (QED) is 0.821. The van der Waals surface area contributed by atoms with Crippen molar-refractivity contribution in [2.75, 3.05) is 11.1 Å². The zero-order valence-corrected chi connectivity index (χ0v) is 9.58. The predicted octanol–water partition coefficient (Wildman–Crippen LogP) is 2.94. The summed E-state index contributed by atoms with van der Waals surface area (Å²) in [6.07, 6.45) is 0. The van der Waals surface area contributed by atoms with E-state index in [1.807, 2.05) is 0 Å². The number of carbonyl (C=O) groups excluding carboxylic acids is 1. The van der Waals surface area contributed by atoms with Crippen molar-refractivity contribution in [2.24, 2.45) is 0 Å². The van der Waals surface area contributed by atoms with E-state index in [0.29, 0.717) is 0 Å². The van der Waals surface area contributed by atoms with Gasteiger partial charge < -0.3 is 11.1 Å². The van der Waals surface area contributed by atoms with Gasteiger partial charge in [-0.25, -0.2) is 13.2 Å². The van der Waals surface area contributed by atoms with E-state index >= 15 is 0 Å². The molecular formula is C13H9F3N2O. The molecule has 0 aliphatic heterocycles. The number of rotatable bonds is 2. The van der Waals surface area contributed by atoms with Crippen LogP contribution in [-0.4, -0.2) is 5.91 Å². The second-order valence-corrected chi connectivity index (χ2v) is 3.78. The number of carbonyl (C=O) groups is 1. The van der Waals surface area contributed by atoms with Crippen LogP contribution in [0.1, 0.15) is 10.4 Å². The average Bonchev–Trinajstić information content (AvgIpc) is 2.40. The number of nitrogen functional groups attached to an aromatic ring is 1. The molecule has 0 saturated heterocycles. The van der Waals surface area contributed by atoms with E-state index < -0.39 is 29.0 Å². The van der Waals surface area contributed by atoms with Gasteiger partial charge in [-0.15, -0.1) is 0 Å². The normalized spacial score (nSPS) is 10.3. The maximum Gasteiger partial charge on any atom is 0.255 e. The van der Waals surface area contributed by atoms with Gasteiger partial charge in [0.05, 0.1) is 11.4 Å². The molecule has 19 heavy (non-hydrogen) atoms. The zero-order chi connectivity index (χ0) is 14.0. The van der Waals surface area contributed by atoms with Crippen molar-refractivity contribution >= 4 is 17.3 Å². The van der Waals surface area contributed by atoms with E-state index in [1.54, 1.807) is 0 Å². The highest BCUT2D eigenvalue weighted by Crippen LogP contribution is 2.24. The Kier molecular flexibility index (Phi) is 3.41. The van der Waals surface area contributed by atoms with Gasteiger partial charge >= 0.3 is 0 Å². The van der Waals surface area contributed by atoms with Crippen molar-refractivity contribution in [3.63, 3.8) is 0 Å². The van der Waals surface area contributed by atoms with Crippen LogP contribution in [0.5, 0.6) is 0 Å². The molecule has 0 aliphatic carbocycles. The molecule has 0 atom stereocenters. The van der Waals surface area contributed by atoms with Crippen LogP contribution < -0.4 is 11.1 Å². The standard InChI is InChI=1S/C13H9F3N2O/c14-8-3-1-7(2-4-8)13(19)18-10-6-5-9(15)11(16)12(10)17/h1-6H,17H2,(H,18,19). The minimum absolute atomic E-state index is 0.0479. The molecule has 0 aliphatic rings. The summed E-state index contributed by atoms with van der Waals surface area (Å²) in [5.41, 5.74) is 4.98. The average molecular weight is 266 g/mol. The lowest BCUT2D eigenvalue weighted by Gasteiger charge is -2.09. The molecule has 3 N–H and O–H groups in total. The molecule has 0 heterocycles. The van der Waals surface area contributed by atoms with E-state index in [-0.39, 0.29) is 11.3 Å². The number of halogens is 3. The fourth-order valence-corrected chi connectivity index (χ4v) is 1.47. The van der Waals surface area contributed by atoms with Gasteiger partial charge in [-0.1, -0.05) is 0 Å². The monoisotopic (exact) mass is 266 g/mol. The summed E-state index contributed by atoms with van der Waals surface area (Å²) in [5.74, 6) is -3.41. The van der Waals surface area contributed by atoms with Gasteiger partial charge in [0.2, 0.25) is 0 Å². The zero-order valence-electron chi connectivity index (χ0n) is 9.58. The molecule has 0 unspecified atom stereocenters. The number of amides is 1. The van der Waals surface area contributed by atoms with Crippen molar-refractivity contribution in [3.05, 3.63) is 59.4 Å². The van der Waals surface area contributed by atoms with Gasteiger partial charge in [0.25, 0.3) is 5.91 Å². The van der Waals surface area contributed by atoms with Crippen LogP contribution in [0.15, 0.2) is 36.4 Å². The molecule has 0 saturated carbocycles. The molecule has 0 fully saturated rings. The van der Waals surface area contributed by atoms with Crippen LogP contribution in [0.4, 0.5) is 24.5 Å². The molecule has 0 aromatic heterocycles. The van der Waals surface area contributed by atoms with Crippen molar-refractivity contribution in [3.8, 4) is 0 Å². The van der Waals surface area contributed by atoms with Gasteiger partial charge in [-0.3, -0.25) is 4.79 Å². The smallest absolute Gasteiger partial charge is 0.255 e. The first-order valence-electron chi connectivity index (χ1n) is 5.29. The summed E-state index contributed by atoms with van der Waals surface area (Å²) < 4.78 is 38.7. The molecule has 0 spiro atoms. The molecule has 2 aromatic rings. The Labute approximate surface area is 106 Å². The molecule has 3 nitrogen and oxygen atoms in total. The summed E-state index contributed by atoms with van der Waals surface area (Å²) in [6, 6.07) is 6.76. The van der Waals surface area contributed by atoms with E-state index in [9.17, 15) is 18.0 Å². The molecule has 1 amide bonds. The number of nitrogens with two attached hydrogens (primary N) is 1. The fraction of sp³-hybridized carbons (Fsp3) is 0. The van der Waals surface area contributed by atoms with Crippen LogP contribution in [0.3, 0.4) is 0 Å². The second kappa shape index (κ2) is 5.01. The number of hydrogen-bond acceptors (Lipinski definition) is 2. The number of anilines is 2. The summed E-state index contributed by atoms with van der Waals surface area (Å²) in [5, 5.41) is 2.32. The third-order valence-electron chi connectivity index (χ3n) is 2.49. The Morgan fingerprint density at radius 2 is 1.63 bits per heavy atom. The van der Waals surface area contributed by atoms with E-state index in [2.05, 4.69) is 5.32 Å². The molecule has 2 rings (SSSR count). The third kappa shape index (κ3) is 2.67. The van der Waals surface area contributed by atoms with E-state index in [0.717, 1.165) is 24.3 Å². The number of benzene rings is 2. The molecule has 98 valence electrons. The maximum atomic E-state index is 13.2. The highest BCUT2D eigenvalue weighted by molar-refractivity contribution is 6.05. The Bertz CT molecular complexity index is 627. The second-order valence-electron chi connectivity index (χ2n) is 3.78. The lowest BCUT2D eigenvalue weighted by Crippen LogP contribution is -2.14. The lowest BCUT2D eigenvalue weighted by molar-refractivity contribution is 0.102. The maximum absolute atomic E-state index is 13.2.